The molecular weight excluding hydrogens is 695 g/mol. The molecule has 0 radical (unpaired) electrons. The molecule has 0 aromatic carbocycles. The van der Waals surface area contributed by atoms with Crippen LogP contribution in [-0.4, -0.2) is 65.7 Å². The molecule has 0 spiro atoms. The fourth-order valence-electron chi connectivity index (χ4n) is 4.97. The van der Waals surface area contributed by atoms with Gasteiger partial charge >= 0.3 is 19.8 Å². The third kappa shape index (κ3) is 37.8. The van der Waals surface area contributed by atoms with Crippen LogP contribution in [0.2, 0.25) is 0 Å². The summed E-state index contributed by atoms with van der Waals surface area (Å²) in [6.07, 6.45) is 40.5. The van der Waals surface area contributed by atoms with E-state index >= 15 is 0 Å². The minimum Gasteiger partial charge on any atom is -0.462 e. The Morgan fingerprint density at radius 3 is 1.51 bits per heavy atom. The first-order valence-electron chi connectivity index (χ1n) is 20.2. The van der Waals surface area contributed by atoms with E-state index in [0.717, 1.165) is 57.8 Å². The fraction of sp³-hybridized carbons (Fsp3) is 0.714. The van der Waals surface area contributed by atoms with Gasteiger partial charge in [0.15, 0.2) is 6.10 Å². The molecule has 11 heteroatoms. The van der Waals surface area contributed by atoms with Crippen molar-refractivity contribution < 1.29 is 47.8 Å². The fourth-order valence-corrected chi connectivity index (χ4v) is 5.76. The second kappa shape index (κ2) is 38.0. The number of carbonyl (C=O) groups excluding carboxylic acids is 2. The van der Waals surface area contributed by atoms with Crippen molar-refractivity contribution in [2.75, 3.05) is 26.4 Å². The lowest BCUT2D eigenvalue weighted by Gasteiger charge is -2.20. The molecule has 0 amide bonds. The maximum atomic E-state index is 12.6. The highest BCUT2D eigenvalue weighted by Crippen LogP contribution is 2.43. The minimum absolute atomic E-state index is 0.126. The monoisotopic (exact) mass is 768 g/mol. The van der Waals surface area contributed by atoms with Gasteiger partial charge in [0.2, 0.25) is 0 Å². The van der Waals surface area contributed by atoms with Gasteiger partial charge in [-0.05, 0) is 83.5 Å². The van der Waals surface area contributed by atoms with Gasteiger partial charge in [-0.25, -0.2) is 4.57 Å². The molecule has 53 heavy (non-hydrogen) atoms. The van der Waals surface area contributed by atoms with E-state index < -0.39 is 51.8 Å². The molecular formula is C42H73O10P. The molecule has 0 heterocycles. The van der Waals surface area contributed by atoms with E-state index in [1.165, 1.54) is 57.8 Å². The molecule has 3 N–H and O–H groups in total. The smallest absolute Gasteiger partial charge is 0.462 e. The normalized spacial score (nSPS) is 14.6. The highest BCUT2D eigenvalue weighted by atomic mass is 31.2. The van der Waals surface area contributed by atoms with E-state index in [0.29, 0.717) is 12.8 Å². The zero-order valence-corrected chi connectivity index (χ0v) is 33.9. The quantitative estimate of drug-likeness (QED) is 0.0241. The van der Waals surface area contributed by atoms with Crippen molar-refractivity contribution in [3.63, 3.8) is 0 Å². The Morgan fingerprint density at radius 2 is 0.981 bits per heavy atom. The molecule has 0 aliphatic rings. The van der Waals surface area contributed by atoms with Crippen molar-refractivity contribution in [3.05, 3.63) is 60.8 Å². The van der Waals surface area contributed by atoms with Gasteiger partial charge in [0, 0.05) is 12.8 Å². The van der Waals surface area contributed by atoms with Crippen molar-refractivity contribution >= 4 is 19.8 Å². The summed E-state index contributed by atoms with van der Waals surface area (Å²) in [5.41, 5.74) is 0. The molecule has 0 saturated carbocycles. The summed E-state index contributed by atoms with van der Waals surface area (Å²) in [5, 5.41) is 18.3. The predicted molar refractivity (Wildman–Crippen MR) is 214 cm³/mol. The Labute approximate surface area is 321 Å². The van der Waals surface area contributed by atoms with E-state index in [1.54, 1.807) is 0 Å². The molecule has 0 aromatic heterocycles. The number of hydrogen-bond acceptors (Lipinski definition) is 9. The molecule has 0 rings (SSSR count). The van der Waals surface area contributed by atoms with Crippen LogP contribution in [0.15, 0.2) is 60.8 Å². The third-order valence-electron chi connectivity index (χ3n) is 8.14. The molecule has 0 aromatic rings. The number of unbranched alkanes of at least 4 members (excludes halogenated alkanes) is 13. The van der Waals surface area contributed by atoms with Crippen LogP contribution in [-0.2, 0) is 32.7 Å². The van der Waals surface area contributed by atoms with Crippen molar-refractivity contribution in [2.45, 2.75) is 167 Å². The summed E-state index contributed by atoms with van der Waals surface area (Å²) >= 11 is 0. The van der Waals surface area contributed by atoms with Crippen molar-refractivity contribution in [1.29, 1.82) is 0 Å². The van der Waals surface area contributed by atoms with Gasteiger partial charge in [-0.3, -0.25) is 18.6 Å². The van der Waals surface area contributed by atoms with Crippen molar-refractivity contribution in [2.24, 2.45) is 0 Å². The Balaban J connectivity index is 4.48. The van der Waals surface area contributed by atoms with Gasteiger partial charge in [0.25, 0.3) is 0 Å². The molecule has 10 nitrogen and oxygen atoms in total. The van der Waals surface area contributed by atoms with E-state index in [2.05, 4.69) is 79.1 Å². The van der Waals surface area contributed by atoms with Gasteiger partial charge in [-0.2, -0.15) is 0 Å². The number of aliphatic hydroxyl groups excluding tert-OH is 2. The number of phosphoric acid groups is 1. The number of aliphatic hydroxyl groups is 2. The number of allylic oxidation sites excluding steroid dienone is 10. The van der Waals surface area contributed by atoms with E-state index in [4.69, 9.17) is 19.1 Å². The molecule has 0 aliphatic carbocycles. The highest BCUT2D eigenvalue weighted by Gasteiger charge is 2.27. The molecule has 306 valence electrons. The average molecular weight is 769 g/mol. The van der Waals surface area contributed by atoms with Gasteiger partial charge in [0.1, 0.15) is 12.7 Å². The standard InChI is InChI=1S/C42H73O10P/c1-3-5-7-9-11-13-15-17-19-21-23-25-27-29-31-33-41(45)49-37-40(38-51-53(47,48)50-36-39(44)35-43)52-42(46)34-32-30-28-26-24-22-20-18-16-14-12-10-8-6-4-2/h12,14,17-20,23-26,39-40,43-44H,3-11,13,15-16,21-22,27-38H2,1-2H3,(H,47,48)/b14-12+,19-17+,20-18+,25-23+,26-24+/t39-,40+/m0/s1. The van der Waals surface area contributed by atoms with Gasteiger partial charge in [-0.1, -0.05) is 120 Å². The maximum absolute atomic E-state index is 12.6. The van der Waals surface area contributed by atoms with Crippen LogP contribution in [0.25, 0.3) is 0 Å². The summed E-state index contributed by atoms with van der Waals surface area (Å²) in [5.74, 6) is -1.01. The maximum Gasteiger partial charge on any atom is 0.472 e. The Bertz CT molecular complexity index is 1070. The zero-order valence-electron chi connectivity index (χ0n) is 33.0. The largest absolute Gasteiger partial charge is 0.472 e. The highest BCUT2D eigenvalue weighted by molar-refractivity contribution is 7.47. The Hall–Kier alpha value is -2.33. The minimum atomic E-state index is -4.63. The third-order valence-corrected chi connectivity index (χ3v) is 9.10. The number of rotatable bonds is 37. The molecule has 0 saturated heterocycles. The second-order valence-electron chi connectivity index (χ2n) is 13.3. The first-order valence-corrected chi connectivity index (χ1v) is 21.7. The van der Waals surface area contributed by atoms with Gasteiger partial charge in [-0.15, -0.1) is 0 Å². The van der Waals surface area contributed by atoms with Crippen LogP contribution in [0.3, 0.4) is 0 Å². The topological polar surface area (TPSA) is 149 Å². The SMILES string of the molecule is CCCCC/C=C/C/C=C/C/C=C/CCCCC(=O)O[C@H](COC(=O)CCCC/C=C/C/C=C/CCCCCCCC)COP(=O)(O)OC[C@@H](O)CO. The molecule has 1 unspecified atom stereocenters. The average Bonchev–Trinajstić information content (AvgIpc) is 3.14. The van der Waals surface area contributed by atoms with E-state index in [-0.39, 0.29) is 19.4 Å². The summed E-state index contributed by atoms with van der Waals surface area (Å²) < 4.78 is 32.6. The Kier molecular flexibility index (Phi) is 36.3. The van der Waals surface area contributed by atoms with Crippen molar-refractivity contribution in [3.8, 4) is 0 Å². The molecule has 0 bridgehead atoms. The number of carbonyl (C=O) groups is 2. The lowest BCUT2D eigenvalue weighted by molar-refractivity contribution is -0.161. The summed E-state index contributed by atoms with van der Waals surface area (Å²) in [4.78, 5) is 34.9. The second-order valence-corrected chi connectivity index (χ2v) is 14.8. The molecule has 0 fully saturated rings. The molecule has 3 atom stereocenters. The van der Waals surface area contributed by atoms with Crippen molar-refractivity contribution in [1.82, 2.24) is 0 Å². The van der Waals surface area contributed by atoms with E-state index in [1.807, 2.05) is 0 Å². The van der Waals surface area contributed by atoms with Crippen LogP contribution in [0.1, 0.15) is 155 Å². The summed E-state index contributed by atoms with van der Waals surface area (Å²) in [7, 11) is -4.63. The number of phosphoric ester groups is 1. The van der Waals surface area contributed by atoms with Crippen LogP contribution < -0.4 is 0 Å². The number of hydrogen-bond donors (Lipinski definition) is 3. The summed E-state index contributed by atoms with van der Waals surface area (Å²) in [6, 6.07) is 0. The van der Waals surface area contributed by atoms with Gasteiger partial charge < -0.3 is 24.6 Å². The number of ether oxygens (including phenoxy) is 2. The first kappa shape index (κ1) is 50.7. The first-order chi connectivity index (χ1) is 25.7. The Morgan fingerprint density at radius 1 is 0.566 bits per heavy atom. The van der Waals surface area contributed by atoms with Crippen LogP contribution in [0.5, 0.6) is 0 Å². The van der Waals surface area contributed by atoms with Crippen LogP contribution >= 0.6 is 7.82 Å². The number of esters is 2. The predicted octanol–water partition coefficient (Wildman–Crippen LogP) is 10.3. The summed E-state index contributed by atoms with van der Waals surface area (Å²) in [6.45, 7) is 2.24. The van der Waals surface area contributed by atoms with Gasteiger partial charge in [0.05, 0.1) is 19.8 Å². The van der Waals surface area contributed by atoms with Crippen LogP contribution in [0, 0.1) is 0 Å². The molecule has 0 aliphatic heterocycles. The zero-order chi connectivity index (χ0) is 39.1. The lowest BCUT2D eigenvalue weighted by Crippen LogP contribution is -2.29. The van der Waals surface area contributed by atoms with Crippen LogP contribution in [0.4, 0.5) is 0 Å². The lowest BCUT2D eigenvalue weighted by atomic mass is 10.1. The van der Waals surface area contributed by atoms with E-state index in [9.17, 15) is 24.2 Å².